The fourth-order valence-corrected chi connectivity index (χ4v) is 1.91. The van der Waals surface area contributed by atoms with Crippen molar-refractivity contribution in [2.24, 2.45) is 0 Å². The Bertz CT molecular complexity index is 595. The maximum atomic E-state index is 13.6. The molecule has 0 bridgehead atoms. The van der Waals surface area contributed by atoms with E-state index in [1.165, 1.54) is 13.2 Å². The molecule has 0 saturated carbocycles. The van der Waals surface area contributed by atoms with Gasteiger partial charge in [-0.05, 0) is 24.6 Å². The van der Waals surface area contributed by atoms with Crippen LogP contribution in [0, 0.1) is 5.82 Å². The molecule has 106 valence electrons. The van der Waals surface area contributed by atoms with Crippen molar-refractivity contribution in [2.75, 3.05) is 7.11 Å². The Hall–Kier alpha value is -2.14. The average Bonchev–Trinajstić information content (AvgIpc) is 2.92. The quantitative estimate of drug-likeness (QED) is 0.881. The van der Waals surface area contributed by atoms with Gasteiger partial charge in [-0.15, -0.1) is 0 Å². The zero-order valence-corrected chi connectivity index (χ0v) is 11.6. The second-order valence-corrected chi connectivity index (χ2v) is 4.51. The molecule has 1 aromatic carbocycles. The minimum atomic E-state index is -0.349. The molecule has 0 amide bonds. The van der Waals surface area contributed by atoms with Crippen molar-refractivity contribution in [3.8, 4) is 5.75 Å². The maximum Gasteiger partial charge on any atom is 0.165 e. The molecule has 1 N–H and O–H groups in total. The van der Waals surface area contributed by atoms with E-state index in [-0.39, 0.29) is 17.6 Å². The van der Waals surface area contributed by atoms with Crippen LogP contribution in [0.25, 0.3) is 6.20 Å². The molecule has 0 aliphatic heterocycles. The first-order valence-electron chi connectivity index (χ1n) is 6.36. The predicted octanol–water partition coefficient (Wildman–Crippen LogP) is 2.98. The second-order valence-electron chi connectivity index (χ2n) is 4.51. The molecule has 0 aliphatic rings. The van der Waals surface area contributed by atoms with E-state index in [1.54, 1.807) is 23.1 Å². The van der Waals surface area contributed by atoms with Gasteiger partial charge in [-0.3, -0.25) is 0 Å². The molecule has 0 saturated heterocycles. The van der Waals surface area contributed by atoms with E-state index in [2.05, 4.69) is 17.0 Å². The lowest BCUT2D eigenvalue weighted by molar-refractivity contribution is 0.385. The van der Waals surface area contributed by atoms with Crippen LogP contribution in [0.4, 0.5) is 4.39 Å². The van der Waals surface area contributed by atoms with Gasteiger partial charge in [-0.2, -0.15) is 5.10 Å². The topological polar surface area (TPSA) is 39.1 Å². The minimum absolute atomic E-state index is 0.0301. The van der Waals surface area contributed by atoms with E-state index < -0.39 is 0 Å². The van der Waals surface area contributed by atoms with E-state index in [4.69, 9.17) is 4.74 Å². The van der Waals surface area contributed by atoms with Crippen LogP contribution in [0.2, 0.25) is 0 Å². The van der Waals surface area contributed by atoms with Crippen LogP contribution in [-0.2, 0) is 6.54 Å². The van der Waals surface area contributed by atoms with Gasteiger partial charge in [0, 0.05) is 30.5 Å². The fourth-order valence-electron chi connectivity index (χ4n) is 1.91. The highest BCUT2D eigenvalue weighted by atomic mass is 19.1. The summed E-state index contributed by atoms with van der Waals surface area (Å²) in [6.45, 7) is 6.28. The van der Waals surface area contributed by atoms with Crippen molar-refractivity contribution in [2.45, 2.75) is 19.5 Å². The summed E-state index contributed by atoms with van der Waals surface area (Å²) in [4.78, 5) is 0. The van der Waals surface area contributed by atoms with Gasteiger partial charge in [0.15, 0.2) is 11.6 Å². The molecule has 1 unspecified atom stereocenters. The molecular weight excluding hydrogens is 257 g/mol. The number of aromatic nitrogens is 2. The largest absolute Gasteiger partial charge is 0.494 e. The van der Waals surface area contributed by atoms with Gasteiger partial charge in [0.2, 0.25) is 0 Å². The van der Waals surface area contributed by atoms with Gasteiger partial charge in [0.1, 0.15) is 0 Å². The first kappa shape index (κ1) is 14.3. The predicted molar refractivity (Wildman–Crippen MR) is 76.8 cm³/mol. The van der Waals surface area contributed by atoms with Crippen LogP contribution in [-0.4, -0.2) is 16.9 Å². The number of ether oxygens (including phenoxy) is 1. The highest BCUT2D eigenvalue weighted by Crippen LogP contribution is 2.21. The standard InChI is InChI=1S/C15H18FN3O/c1-4-19-10-12(9-18-19)8-17-11(2)13-5-6-15(20-3)14(16)7-13/h4-7,9-11,17H,1,8H2,2-3H3. The SMILES string of the molecule is C=Cn1cc(CNC(C)c2ccc(OC)c(F)c2)cn1. The molecule has 4 nitrogen and oxygen atoms in total. The van der Waals surface area contributed by atoms with Crippen LogP contribution in [0.5, 0.6) is 5.75 Å². The Morgan fingerprint density at radius 3 is 2.95 bits per heavy atom. The third-order valence-corrected chi connectivity index (χ3v) is 3.13. The molecule has 20 heavy (non-hydrogen) atoms. The van der Waals surface area contributed by atoms with Crippen molar-refractivity contribution in [1.29, 1.82) is 0 Å². The third kappa shape index (κ3) is 3.24. The molecule has 2 rings (SSSR count). The zero-order chi connectivity index (χ0) is 14.5. The van der Waals surface area contributed by atoms with Gasteiger partial charge in [-0.25, -0.2) is 9.07 Å². The van der Waals surface area contributed by atoms with Crippen LogP contribution in [0.3, 0.4) is 0 Å². The Balaban J connectivity index is 1.99. The molecule has 5 heteroatoms. The minimum Gasteiger partial charge on any atom is -0.494 e. The van der Waals surface area contributed by atoms with Gasteiger partial charge in [0.05, 0.1) is 13.3 Å². The first-order chi connectivity index (χ1) is 9.63. The lowest BCUT2D eigenvalue weighted by Crippen LogP contribution is -2.18. The third-order valence-electron chi connectivity index (χ3n) is 3.13. The van der Waals surface area contributed by atoms with Crippen molar-refractivity contribution in [3.63, 3.8) is 0 Å². The number of hydrogen-bond donors (Lipinski definition) is 1. The molecule has 0 aliphatic carbocycles. The summed E-state index contributed by atoms with van der Waals surface area (Å²) >= 11 is 0. The van der Waals surface area contributed by atoms with E-state index in [0.29, 0.717) is 6.54 Å². The van der Waals surface area contributed by atoms with E-state index in [1.807, 2.05) is 19.2 Å². The van der Waals surface area contributed by atoms with E-state index in [0.717, 1.165) is 11.1 Å². The van der Waals surface area contributed by atoms with E-state index in [9.17, 15) is 4.39 Å². The molecule has 0 fully saturated rings. The summed E-state index contributed by atoms with van der Waals surface area (Å²) in [6.07, 6.45) is 5.29. The maximum absolute atomic E-state index is 13.6. The summed E-state index contributed by atoms with van der Waals surface area (Å²) < 4.78 is 20.2. The van der Waals surface area contributed by atoms with Crippen molar-refractivity contribution >= 4 is 6.20 Å². The van der Waals surface area contributed by atoms with Crippen molar-refractivity contribution in [3.05, 3.63) is 54.1 Å². The molecule has 2 aromatic rings. The van der Waals surface area contributed by atoms with Crippen molar-refractivity contribution < 1.29 is 9.13 Å². The number of methoxy groups -OCH3 is 1. The zero-order valence-electron chi connectivity index (χ0n) is 11.6. The van der Waals surface area contributed by atoms with Crippen LogP contribution >= 0.6 is 0 Å². The van der Waals surface area contributed by atoms with Gasteiger partial charge in [0.25, 0.3) is 0 Å². The Morgan fingerprint density at radius 2 is 2.35 bits per heavy atom. The highest BCUT2D eigenvalue weighted by molar-refractivity contribution is 5.30. The van der Waals surface area contributed by atoms with Crippen molar-refractivity contribution in [1.82, 2.24) is 15.1 Å². The average molecular weight is 275 g/mol. The number of rotatable bonds is 6. The Morgan fingerprint density at radius 1 is 1.55 bits per heavy atom. The Labute approximate surface area is 117 Å². The lowest BCUT2D eigenvalue weighted by Gasteiger charge is -2.14. The number of halogens is 1. The summed E-state index contributed by atoms with van der Waals surface area (Å²) in [5, 5.41) is 7.43. The summed E-state index contributed by atoms with van der Waals surface area (Å²) in [5.41, 5.74) is 1.92. The monoisotopic (exact) mass is 275 g/mol. The number of nitrogens with zero attached hydrogens (tertiary/aromatic N) is 2. The first-order valence-corrected chi connectivity index (χ1v) is 6.36. The fraction of sp³-hybridized carbons (Fsp3) is 0.267. The van der Waals surface area contributed by atoms with Gasteiger partial charge < -0.3 is 10.1 Å². The molecule has 0 spiro atoms. The summed E-state index contributed by atoms with van der Waals surface area (Å²) in [6, 6.07) is 5.01. The van der Waals surface area contributed by atoms with Crippen LogP contribution < -0.4 is 10.1 Å². The summed E-state index contributed by atoms with van der Waals surface area (Å²) in [7, 11) is 1.46. The lowest BCUT2D eigenvalue weighted by atomic mass is 10.1. The molecular formula is C15H18FN3O. The van der Waals surface area contributed by atoms with E-state index >= 15 is 0 Å². The Kier molecular flexibility index (Phi) is 4.53. The smallest absolute Gasteiger partial charge is 0.165 e. The molecule has 1 atom stereocenters. The summed E-state index contributed by atoms with van der Waals surface area (Å²) in [5.74, 6) is -0.0914. The molecule has 1 heterocycles. The normalized spacial score (nSPS) is 12.2. The number of nitrogens with one attached hydrogen (secondary N) is 1. The van der Waals surface area contributed by atoms with Crippen LogP contribution in [0.1, 0.15) is 24.1 Å². The van der Waals surface area contributed by atoms with Gasteiger partial charge in [-0.1, -0.05) is 12.6 Å². The number of hydrogen-bond acceptors (Lipinski definition) is 3. The second kappa shape index (κ2) is 6.34. The molecule has 0 radical (unpaired) electrons. The molecule has 1 aromatic heterocycles. The van der Waals surface area contributed by atoms with Crippen LogP contribution in [0.15, 0.2) is 37.2 Å². The number of benzene rings is 1. The van der Waals surface area contributed by atoms with Gasteiger partial charge >= 0.3 is 0 Å². The highest BCUT2D eigenvalue weighted by Gasteiger charge is 2.09.